The Hall–Kier alpha value is -1.25. The highest BCUT2D eigenvalue weighted by atomic mass is 16.4. The summed E-state index contributed by atoms with van der Waals surface area (Å²) < 4.78 is 0. The quantitative estimate of drug-likeness (QED) is 0.703. The van der Waals surface area contributed by atoms with Crippen LogP contribution in [-0.4, -0.2) is 16.1 Å². The summed E-state index contributed by atoms with van der Waals surface area (Å²) in [7, 11) is 0. The van der Waals surface area contributed by atoms with Crippen LogP contribution in [0.2, 0.25) is 0 Å². The summed E-state index contributed by atoms with van der Waals surface area (Å²) in [6, 6.07) is 1.95. The summed E-state index contributed by atoms with van der Waals surface area (Å²) in [5.74, 6) is -0.342. The van der Waals surface area contributed by atoms with Crippen LogP contribution in [0, 0.1) is 6.92 Å². The number of carboxylic acid groups (broad SMARTS) is 1. The number of nitrogens with one attached hydrogen (secondary N) is 1. The molecule has 0 aliphatic heterocycles. The average Bonchev–Trinajstić information content (AvgIpc) is 2.75. The number of hydrogen-bond acceptors (Lipinski definition) is 1. The maximum atomic E-state index is 10.7. The lowest BCUT2D eigenvalue weighted by molar-refractivity contribution is 0.0690. The van der Waals surface area contributed by atoms with Gasteiger partial charge >= 0.3 is 5.97 Å². The number of aromatic amines is 1. The summed E-state index contributed by atoms with van der Waals surface area (Å²) in [6.07, 6.45) is 2.27. The van der Waals surface area contributed by atoms with Crippen molar-refractivity contribution in [1.82, 2.24) is 4.98 Å². The third-order valence-electron chi connectivity index (χ3n) is 2.21. The fraction of sp³-hybridized carbons (Fsp3) is 0.444. The Balaban J connectivity index is 2.43. The topological polar surface area (TPSA) is 53.1 Å². The second-order valence-electron chi connectivity index (χ2n) is 3.36. The molecule has 1 aliphatic rings. The van der Waals surface area contributed by atoms with Gasteiger partial charge in [0.2, 0.25) is 0 Å². The molecule has 0 radical (unpaired) electrons. The first-order valence-corrected chi connectivity index (χ1v) is 4.11. The van der Waals surface area contributed by atoms with E-state index >= 15 is 0 Å². The largest absolute Gasteiger partial charge is 0.477 e. The molecule has 0 atom stereocenters. The first kappa shape index (κ1) is 7.40. The molecule has 0 aromatic carbocycles. The van der Waals surface area contributed by atoms with E-state index in [2.05, 4.69) is 4.98 Å². The maximum Gasteiger partial charge on any atom is 0.352 e. The molecule has 0 spiro atoms. The fourth-order valence-electron chi connectivity index (χ4n) is 1.50. The van der Waals surface area contributed by atoms with Gasteiger partial charge < -0.3 is 10.1 Å². The smallest absolute Gasteiger partial charge is 0.352 e. The molecule has 1 heterocycles. The van der Waals surface area contributed by atoms with Crippen molar-refractivity contribution in [2.24, 2.45) is 0 Å². The molecular weight excluding hydrogens is 154 g/mol. The van der Waals surface area contributed by atoms with E-state index in [1.54, 1.807) is 0 Å². The van der Waals surface area contributed by atoms with E-state index in [0.29, 0.717) is 11.6 Å². The van der Waals surface area contributed by atoms with Gasteiger partial charge in [0.1, 0.15) is 5.69 Å². The zero-order valence-electron chi connectivity index (χ0n) is 6.92. The van der Waals surface area contributed by atoms with Gasteiger partial charge in [-0.3, -0.25) is 0 Å². The second-order valence-corrected chi connectivity index (χ2v) is 3.36. The zero-order chi connectivity index (χ0) is 8.72. The summed E-state index contributed by atoms with van der Waals surface area (Å²) in [6.45, 7) is 1.89. The molecule has 1 saturated carbocycles. The van der Waals surface area contributed by atoms with E-state index in [4.69, 9.17) is 5.11 Å². The van der Waals surface area contributed by atoms with Crippen molar-refractivity contribution in [1.29, 1.82) is 0 Å². The molecule has 0 saturated heterocycles. The van der Waals surface area contributed by atoms with Crippen LogP contribution in [0.1, 0.15) is 40.5 Å². The van der Waals surface area contributed by atoms with Crippen LogP contribution in [0.15, 0.2) is 6.07 Å². The lowest BCUT2D eigenvalue weighted by Gasteiger charge is -1.94. The van der Waals surface area contributed by atoms with Crippen molar-refractivity contribution >= 4 is 5.97 Å². The van der Waals surface area contributed by atoms with Gasteiger partial charge in [-0.2, -0.15) is 0 Å². The van der Waals surface area contributed by atoms with E-state index in [1.807, 2.05) is 13.0 Å². The number of carbonyl (C=O) groups is 1. The summed E-state index contributed by atoms with van der Waals surface area (Å²) in [5, 5.41) is 8.82. The Morgan fingerprint density at radius 2 is 2.33 bits per heavy atom. The molecule has 1 aromatic rings. The van der Waals surface area contributed by atoms with E-state index in [1.165, 1.54) is 0 Å². The van der Waals surface area contributed by atoms with Crippen LogP contribution >= 0.6 is 0 Å². The minimum absolute atomic E-state index is 0.384. The van der Waals surface area contributed by atoms with Crippen molar-refractivity contribution in [3.63, 3.8) is 0 Å². The van der Waals surface area contributed by atoms with Crippen molar-refractivity contribution in [2.75, 3.05) is 0 Å². The lowest BCUT2D eigenvalue weighted by atomic mass is 10.1. The number of aromatic carboxylic acids is 1. The van der Waals surface area contributed by atoms with Crippen LogP contribution in [-0.2, 0) is 0 Å². The number of rotatable bonds is 2. The lowest BCUT2D eigenvalue weighted by Crippen LogP contribution is -2.00. The molecule has 0 bridgehead atoms. The first-order chi connectivity index (χ1) is 5.68. The van der Waals surface area contributed by atoms with Crippen molar-refractivity contribution in [3.05, 3.63) is 23.0 Å². The highest BCUT2D eigenvalue weighted by molar-refractivity contribution is 5.88. The Morgan fingerprint density at radius 3 is 2.83 bits per heavy atom. The van der Waals surface area contributed by atoms with E-state index in [0.717, 1.165) is 24.1 Å². The van der Waals surface area contributed by atoms with E-state index < -0.39 is 5.97 Å². The predicted molar refractivity (Wildman–Crippen MR) is 44.5 cm³/mol. The molecule has 3 heteroatoms. The van der Waals surface area contributed by atoms with Gasteiger partial charge in [-0.05, 0) is 37.3 Å². The maximum absolute atomic E-state index is 10.7. The van der Waals surface area contributed by atoms with Gasteiger partial charge in [0, 0.05) is 5.69 Å². The van der Waals surface area contributed by atoms with Crippen LogP contribution in [0.25, 0.3) is 0 Å². The first-order valence-electron chi connectivity index (χ1n) is 4.11. The molecular formula is C9H11NO2. The average molecular weight is 165 g/mol. The number of aromatic nitrogens is 1. The summed E-state index contributed by atoms with van der Waals surface area (Å²) in [5.41, 5.74) is 2.31. The third-order valence-corrected chi connectivity index (χ3v) is 2.21. The molecule has 1 aromatic heterocycles. The van der Waals surface area contributed by atoms with Gasteiger partial charge in [0.25, 0.3) is 0 Å². The highest BCUT2D eigenvalue weighted by Crippen LogP contribution is 2.41. The van der Waals surface area contributed by atoms with Gasteiger partial charge in [0.15, 0.2) is 0 Å². The van der Waals surface area contributed by atoms with Gasteiger partial charge in [-0.15, -0.1) is 0 Å². The molecule has 2 rings (SSSR count). The van der Waals surface area contributed by atoms with Crippen molar-refractivity contribution < 1.29 is 9.90 Å². The molecule has 2 N–H and O–H groups in total. The number of H-pyrrole nitrogens is 1. The van der Waals surface area contributed by atoms with E-state index in [9.17, 15) is 4.79 Å². The fourth-order valence-corrected chi connectivity index (χ4v) is 1.50. The number of hydrogen-bond donors (Lipinski definition) is 2. The minimum atomic E-state index is -0.843. The van der Waals surface area contributed by atoms with Gasteiger partial charge in [0.05, 0.1) is 0 Å². The molecule has 12 heavy (non-hydrogen) atoms. The van der Waals surface area contributed by atoms with Gasteiger partial charge in [-0.25, -0.2) is 4.79 Å². The molecule has 3 nitrogen and oxygen atoms in total. The Kier molecular flexibility index (Phi) is 1.46. The Labute approximate surface area is 70.4 Å². The van der Waals surface area contributed by atoms with Crippen molar-refractivity contribution in [2.45, 2.75) is 25.7 Å². The van der Waals surface area contributed by atoms with Crippen LogP contribution in [0.4, 0.5) is 0 Å². The predicted octanol–water partition coefficient (Wildman–Crippen LogP) is 1.90. The van der Waals surface area contributed by atoms with E-state index in [-0.39, 0.29) is 0 Å². The van der Waals surface area contributed by atoms with Crippen molar-refractivity contribution in [3.8, 4) is 0 Å². The third kappa shape index (κ3) is 1.11. The van der Waals surface area contributed by atoms with Crippen LogP contribution in [0.5, 0.6) is 0 Å². The molecule has 64 valence electrons. The molecule has 0 unspecified atom stereocenters. The SMILES string of the molecule is Cc1cc(C2CC2)c(C(=O)O)[nH]1. The van der Waals surface area contributed by atoms with Gasteiger partial charge in [-0.1, -0.05) is 0 Å². The van der Waals surface area contributed by atoms with Crippen LogP contribution in [0.3, 0.4) is 0 Å². The highest BCUT2D eigenvalue weighted by Gasteiger charge is 2.29. The van der Waals surface area contributed by atoms with Crippen LogP contribution < -0.4 is 0 Å². The Morgan fingerprint density at radius 1 is 1.67 bits per heavy atom. The molecule has 1 aliphatic carbocycles. The molecule has 0 amide bonds. The second kappa shape index (κ2) is 2.37. The standard InChI is InChI=1S/C9H11NO2/c1-5-4-7(6-2-3-6)8(10-5)9(11)12/h4,6,10H,2-3H2,1H3,(H,11,12). The number of carboxylic acids is 1. The molecule has 1 fully saturated rings. The Bertz CT molecular complexity index is 323. The summed E-state index contributed by atoms with van der Waals surface area (Å²) >= 11 is 0. The zero-order valence-corrected chi connectivity index (χ0v) is 6.92. The minimum Gasteiger partial charge on any atom is -0.477 e. The monoisotopic (exact) mass is 165 g/mol. The normalized spacial score (nSPS) is 16.4. The summed E-state index contributed by atoms with van der Waals surface area (Å²) in [4.78, 5) is 13.6. The number of aryl methyl sites for hydroxylation is 1.